The number of aryl methyl sites for hydroxylation is 1. The predicted octanol–water partition coefficient (Wildman–Crippen LogP) is 6.33. The molecule has 0 aliphatic heterocycles. The summed E-state index contributed by atoms with van der Waals surface area (Å²) in [5, 5.41) is 17.1. The quantitative estimate of drug-likeness (QED) is 0.148. The van der Waals surface area contributed by atoms with Crippen LogP contribution in [0.25, 0.3) is 0 Å². The molecule has 2 aromatic heterocycles. The number of aromatic nitrogens is 2. The third-order valence-corrected chi connectivity index (χ3v) is 5.62. The molecule has 6 heteroatoms. The zero-order valence-electron chi connectivity index (χ0n) is 23.5. The maximum atomic E-state index is 10.8. The molecular formula is C31H48N4O2. The van der Waals surface area contributed by atoms with Gasteiger partial charge in [0.2, 0.25) is 0 Å². The largest absolute Gasteiger partial charge is 0.495 e. The Morgan fingerprint density at radius 2 is 1.86 bits per heavy atom. The molecule has 6 nitrogen and oxygen atoms in total. The molecule has 2 aromatic rings. The van der Waals surface area contributed by atoms with E-state index < -0.39 is 6.23 Å². The van der Waals surface area contributed by atoms with E-state index in [9.17, 15) is 5.11 Å². The average molecular weight is 509 g/mol. The van der Waals surface area contributed by atoms with Gasteiger partial charge in [0.05, 0.1) is 17.6 Å². The number of hydrogen-bond acceptors (Lipinski definition) is 6. The molecule has 0 bridgehead atoms. The van der Waals surface area contributed by atoms with Gasteiger partial charge in [-0.05, 0) is 87.3 Å². The topological polar surface area (TPSA) is 79.3 Å². The van der Waals surface area contributed by atoms with Crippen LogP contribution < -0.4 is 10.6 Å². The molecule has 2 heterocycles. The number of hydrogen-bond donors (Lipinski definition) is 3. The van der Waals surface area contributed by atoms with E-state index in [1.807, 2.05) is 63.5 Å². The molecule has 0 aliphatic rings. The summed E-state index contributed by atoms with van der Waals surface area (Å²) in [6.07, 6.45) is 12.8. The Morgan fingerprint density at radius 1 is 1.03 bits per heavy atom. The molecule has 3 N–H and O–H groups in total. The summed E-state index contributed by atoms with van der Waals surface area (Å²) in [7, 11) is 1.93. The van der Waals surface area contributed by atoms with Gasteiger partial charge < -0.3 is 15.2 Å². The molecule has 0 saturated carbocycles. The Bertz CT molecular complexity index is 931. The second kappa shape index (κ2) is 21.3. The van der Waals surface area contributed by atoms with Crippen molar-refractivity contribution < 1.29 is 9.84 Å². The van der Waals surface area contributed by atoms with Crippen molar-refractivity contribution in [2.75, 3.05) is 20.1 Å². The lowest BCUT2D eigenvalue weighted by atomic mass is 10.0. The molecule has 0 aromatic carbocycles. The van der Waals surface area contributed by atoms with Gasteiger partial charge in [-0.15, -0.1) is 0 Å². The number of nitrogens with one attached hydrogen (secondary N) is 2. The molecule has 204 valence electrons. The number of ether oxygens (including phenoxy) is 1. The first-order chi connectivity index (χ1) is 18.1. The van der Waals surface area contributed by atoms with Gasteiger partial charge in [-0.1, -0.05) is 64.3 Å². The van der Waals surface area contributed by atoms with Crippen LogP contribution >= 0.6 is 0 Å². The summed E-state index contributed by atoms with van der Waals surface area (Å²) in [4.78, 5) is 9.09. The number of aliphatic hydroxyl groups excluding tert-OH is 1. The van der Waals surface area contributed by atoms with Crippen molar-refractivity contribution in [1.82, 2.24) is 20.6 Å². The monoisotopic (exact) mass is 508 g/mol. The molecule has 0 saturated heterocycles. The Morgan fingerprint density at radius 3 is 2.59 bits per heavy atom. The average Bonchev–Trinajstić information content (AvgIpc) is 2.92. The zero-order chi connectivity index (χ0) is 27.1. The van der Waals surface area contributed by atoms with Crippen LogP contribution in [0.4, 0.5) is 0 Å². The van der Waals surface area contributed by atoms with E-state index in [1.165, 1.54) is 12.8 Å². The lowest BCUT2D eigenvalue weighted by molar-refractivity contribution is 0.134. The van der Waals surface area contributed by atoms with E-state index in [2.05, 4.69) is 46.6 Å². The smallest absolute Gasteiger partial charge is 0.148 e. The molecule has 0 fully saturated rings. The van der Waals surface area contributed by atoms with Gasteiger partial charge in [0.1, 0.15) is 12.8 Å². The van der Waals surface area contributed by atoms with Crippen LogP contribution in [0.5, 0.6) is 0 Å². The molecule has 0 amide bonds. The first kappa shape index (κ1) is 32.2. The summed E-state index contributed by atoms with van der Waals surface area (Å²) in [5.41, 5.74) is 4.80. The highest BCUT2D eigenvalue weighted by atomic mass is 16.5. The minimum atomic E-state index is -0.814. The molecule has 0 aliphatic carbocycles. The predicted molar refractivity (Wildman–Crippen MR) is 155 cm³/mol. The summed E-state index contributed by atoms with van der Waals surface area (Å²) >= 11 is 0. The highest BCUT2D eigenvalue weighted by Gasteiger charge is 2.09. The second-order valence-electron chi connectivity index (χ2n) is 8.63. The standard InChI is InChI=1S/C29H42N4O2.C2H6/c1-4-5-6-9-18-32-29(34)28-21-26(24(2)13-8-7-10-17-31-28)20-25-14-15-27(33-22-25)23-35-19-12-11-16-30-3;1-2/h7-8,10,12-15,17,19,21-22,29-30,32,34H,4-6,9,11,16,18,20,23H2,1-3H3;1-2H3/b8-7?,10-7?,13-8?,17-10?,19-12-,24-13?,26-21?,26-24?,28-21?,31-17?,31-28?;. The number of unbranched alkanes of at least 4 members (excludes halogenated alkanes) is 3. The number of rotatable bonds is 15. The van der Waals surface area contributed by atoms with Gasteiger partial charge in [-0.25, -0.2) is 0 Å². The molecular weight excluding hydrogens is 460 g/mol. The lowest BCUT2D eigenvalue weighted by Gasteiger charge is -2.13. The lowest BCUT2D eigenvalue weighted by Crippen LogP contribution is -2.22. The van der Waals surface area contributed by atoms with Crippen molar-refractivity contribution in [2.45, 2.75) is 79.1 Å². The van der Waals surface area contributed by atoms with E-state index in [0.717, 1.165) is 54.7 Å². The van der Waals surface area contributed by atoms with Crippen molar-refractivity contribution in [3.63, 3.8) is 0 Å². The van der Waals surface area contributed by atoms with Crippen LogP contribution in [0.1, 0.15) is 87.2 Å². The van der Waals surface area contributed by atoms with Gasteiger partial charge >= 0.3 is 0 Å². The third-order valence-electron chi connectivity index (χ3n) is 5.62. The number of nitrogens with zero attached hydrogens (tertiary/aromatic N) is 2. The molecule has 2 rings (SSSR count). The Kier molecular flexibility index (Phi) is 18.6. The van der Waals surface area contributed by atoms with Crippen molar-refractivity contribution in [3.05, 3.63) is 95.3 Å². The van der Waals surface area contributed by atoms with Crippen LogP contribution in [0, 0.1) is 6.92 Å². The molecule has 1 unspecified atom stereocenters. The van der Waals surface area contributed by atoms with E-state index in [-0.39, 0.29) is 0 Å². The Hall–Kier alpha value is -2.80. The van der Waals surface area contributed by atoms with E-state index >= 15 is 0 Å². The fourth-order valence-corrected chi connectivity index (χ4v) is 3.48. The first-order valence-corrected chi connectivity index (χ1v) is 13.7. The van der Waals surface area contributed by atoms with Crippen molar-refractivity contribution in [3.8, 4) is 0 Å². The van der Waals surface area contributed by atoms with Crippen molar-refractivity contribution >= 4 is 0 Å². The summed E-state index contributed by atoms with van der Waals surface area (Å²) in [5.74, 6) is 0. The van der Waals surface area contributed by atoms with E-state index in [1.54, 1.807) is 12.5 Å². The Balaban J connectivity index is 0.00000334. The van der Waals surface area contributed by atoms with Crippen molar-refractivity contribution in [2.24, 2.45) is 0 Å². The van der Waals surface area contributed by atoms with Gasteiger partial charge in [0.15, 0.2) is 0 Å². The van der Waals surface area contributed by atoms with Gasteiger partial charge in [-0.3, -0.25) is 15.3 Å². The van der Waals surface area contributed by atoms with Gasteiger partial charge in [-0.2, -0.15) is 0 Å². The fraction of sp³-hybridized carbons (Fsp3) is 0.484. The molecule has 0 spiro atoms. The molecule has 37 heavy (non-hydrogen) atoms. The summed E-state index contributed by atoms with van der Waals surface area (Å²) in [6, 6.07) is 14.0. The van der Waals surface area contributed by atoms with Crippen molar-refractivity contribution in [1.29, 1.82) is 0 Å². The van der Waals surface area contributed by atoms with Crippen LogP contribution in [0.15, 0.2) is 67.2 Å². The van der Waals surface area contributed by atoms with Gasteiger partial charge in [0.25, 0.3) is 0 Å². The minimum absolute atomic E-state index is 0.446. The van der Waals surface area contributed by atoms with E-state index in [4.69, 9.17) is 4.74 Å². The molecule has 1 atom stereocenters. The highest BCUT2D eigenvalue weighted by molar-refractivity contribution is 5.31. The maximum absolute atomic E-state index is 10.8. The highest BCUT2D eigenvalue weighted by Crippen LogP contribution is 2.16. The Labute approximate surface area is 224 Å². The normalized spacial score (nSPS) is 11.4. The molecule has 0 radical (unpaired) electrons. The maximum Gasteiger partial charge on any atom is 0.148 e. The van der Waals surface area contributed by atoms with Crippen LogP contribution in [-0.2, 0) is 17.8 Å². The zero-order valence-corrected chi connectivity index (χ0v) is 23.5. The van der Waals surface area contributed by atoms with Gasteiger partial charge in [0, 0.05) is 12.4 Å². The van der Waals surface area contributed by atoms with Crippen LogP contribution in [0.2, 0.25) is 0 Å². The van der Waals surface area contributed by atoms with E-state index in [0.29, 0.717) is 18.7 Å². The summed E-state index contributed by atoms with van der Waals surface area (Å²) < 4.78 is 5.57. The third kappa shape index (κ3) is 14.5. The van der Waals surface area contributed by atoms with Crippen LogP contribution in [-0.4, -0.2) is 35.2 Å². The fourth-order valence-electron chi connectivity index (χ4n) is 3.48. The SMILES string of the molecule is CC.CCCCCCNC(O)c1cc(Cc2ccc(CO/C=C\CCNC)nc2)c(C)cccccn1. The minimum Gasteiger partial charge on any atom is -0.495 e. The first-order valence-electron chi connectivity index (χ1n) is 13.7. The number of pyridine rings is 1. The van der Waals surface area contributed by atoms with Crippen LogP contribution in [0.3, 0.4) is 0 Å². The summed E-state index contributed by atoms with van der Waals surface area (Å²) in [6.45, 7) is 10.4. The second-order valence-corrected chi connectivity index (χ2v) is 8.63. The number of aliphatic hydroxyl groups is 1.